The first-order valence-electron chi connectivity index (χ1n) is 31.2. The summed E-state index contributed by atoms with van der Waals surface area (Å²) in [4.78, 5) is 38.3. The predicted molar refractivity (Wildman–Crippen MR) is 329 cm³/mol. The zero-order valence-electron chi connectivity index (χ0n) is 49.2. The van der Waals surface area contributed by atoms with E-state index in [-0.39, 0.29) is 31.6 Å². The number of ether oxygens (including phenoxy) is 3. The molecule has 0 aromatic heterocycles. The number of rotatable bonds is 55. The first-order valence-corrected chi connectivity index (χ1v) is 31.2. The maximum atomic E-state index is 12.9. The molecule has 0 spiro atoms. The van der Waals surface area contributed by atoms with Crippen LogP contribution in [0, 0.1) is 0 Å². The van der Waals surface area contributed by atoms with Crippen molar-refractivity contribution >= 4 is 17.9 Å². The molecule has 1 unspecified atom stereocenters. The number of hydrogen-bond donors (Lipinski definition) is 0. The van der Waals surface area contributed by atoms with Gasteiger partial charge in [-0.1, -0.05) is 264 Å². The van der Waals surface area contributed by atoms with Crippen molar-refractivity contribution in [3.8, 4) is 0 Å². The minimum absolute atomic E-state index is 0.116. The van der Waals surface area contributed by atoms with Crippen molar-refractivity contribution in [1.82, 2.24) is 0 Å². The van der Waals surface area contributed by atoms with Crippen LogP contribution in [0.4, 0.5) is 0 Å². The van der Waals surface area contributed by atoms with Crippen molar-refractivity contribution in [2.24, 2.45) is 0 Å². The number of allylic oxidation sites excluding steroid dienone is 22. The van der Waals surface area contributed by atoms with Crippen molar-refractivity contribution in [1.29, 1.82) is 0 Å². The van der Waals surface area contributed by atoms with E-state index in [1.807, 2.05) is 6.08 Å². The van der Waals surface area contributed by atoms with Crippen molar-refractivity contribution in [3.63, 3.8) is 0 Å². The topological polar surface area (TPSA) is 78.9 Å². The standard InChI is InChI=1S/C70H114O6/c1-4-7-10-13-16-19-22-25-28-31-34-35-37-39-42-45-48-51-54-57-60-63-69(72)75-66-67(65-74-68(71)62-59-56-53-50-47-44-41-38-33-30-27-24-21-18-15-12-9-6-3)76-70(73)64-61-58-55-52-49-46-43-40-36-32-29-26-23-20-17-14-11-8-5-2/h7-8,10-11,16-17,19-20,25-26,28-30,33-36,40,46,49,55,58,67H,4-6,9,12-15,18,21-24,27,31-32,37-39,41-45,47-48,50-54,56-57,59-66H2,1-3H3/b10-7-,11-8-,19-16-,20-17-,28-25-,29-26-,33-30-,35-34-,40-36-,49-46-,58-55-. The van der Waals surface area contributed by atoms with Gasteiger partial charge < -0.3 is 14.2 Å². The maximum absolute atomic E-state index is 12.9. The molecule has 430 valence electrons. The lowest BCUT2D eigenvalue weighted by molar-refractivity contribution is -0.166. The zero-order chi connectivity index (χ0) is 55.0. The third-order valence-electron chi connectivity index (χ3n) is 12.9. The Kier molecular flexibility index (Phi) is 59.4. The van der Waals surface area contributed by atoms with Crippen molar-refractivity contribution in [2.45, 2.75) is 277 Å². The molecule has 0 bridgehead atoms. The summed E-state index contributed by atoms with van der Waals surface area (Å²) in [6, 6.07) is 0. The van der Waals surface area contributed by atoms with Gasteiger partial charge in [0.1, 0.15) is 13.2 Å². The Morgan fingerprint density at radius 1 is 0.276 bits per heavy atom. The molecule has 0 fully saturated rings. The lowest BCUT2D eigenvalue weighted by Crippen LogP contribution is -2.30. The lowest BCUT2D eigenvalue weighted by atomic mass is 10.1. The quantitative estimate of drug-likeness (QED) is 0.0261. The SMILES string of the molecule is CC/C=C\C/C=C\C/C=C\C/C=C\C/C=C\C/C=C\CCC(=O)OC(COC(=O)CCCCCCCCC/C=C\CCCCCCCCC)COC(=O)CCCCCCCCCC/C=C\C/C=C\C/C=C\C/C=C\CC. The molecule has 0 saturated heterocycles. The third kappa shape index (κ3) is 60.4. The van der Waals surface area contributed by atoms with Gasteiger partial charge in [0.05, 0.1) is 0 Å². The highest BCUT2D eigenvalue weighted by Crippen LogP contribution is 2.15. The predicted octanol–water partition coefficient (Wildman–Crippen LogP) is 21.4. The Morgan fingerprint density at radius 2 is 0.539 bits per heavy atom. The van der Waals surface area contributed by atoms with E-state index >= 15 is 0 Å². The normalized spacial score (nSPS) is 13.0. The van der Waals surface area contributed by atoms with E-state index in [1.54, 1.807) is 0 Å². The van der Waals surface area contributed by atoms with Crippen LogP contribution in [0.2, 0.25) is 0 Å². The van der Waals surface area contributed by atoms with Gasteiger partial charge in [-0.25, -0.2) is 0 Å². The Hall–Kier alpha value is -4.45. The molecular weight excluding hydrogens is 937 g/mol. The molecule has 0 radical (unpaired) electrons. The van der Waals surface area contributed by atoms with E-state index in [4.69, 9.17) is 14.2 Å². The van der Waals surface area contributed by atoms with E-state index in [0.717, 1.165) is 109 Å². The molecule has 0 heterocycles. The molecule has 0 aliphatic carbocycles. The van der Waals surface area contributed by atoms with E-state index < -0.39 is 12.1 Å². The second-order valence-electron chi connectivity index (χ2n) is 20.2. The third-order valence-corrected chi connectivity index (χ3v) is 12.9. The van der Waals surface area contributed by atoms with Gasteiger partial charge in [0, 0.05) is 19.3 Å². The molecule has 76 heavy (non-hydrogen) atoms. The van der Waals surface area contributed by atoms with Gasteiger partial charge in [-0.2, -0.15) is 0 Å². The van der Waals surface area contributed by atoms with Gasteiger partial charge in [-0.15, -0.1) is 0 Å². The smallest absolute Gasteiger partial charge is 0.306 e. The fourth-order valence-corrected chi connectivity index (χ4v) is 8.28. The molecule has 0 aromatic carbocycles. The number of unbranched alkanes of at least 4 members (excludes halogenated alkanes) is 22. The van der Waals surface area contributed by atoms with Crippen molar-refractivity contribution < 1.29 is 28.6 Å². The van der Waals surface area contributed by atoms with Gasteiger partial charge in [-0.05, 0) is 122 Å². The van der Waals surface area contributed by atoms with Crippen LogP contribution in [0.3, 0.4) is 0 Å². The Bertz CT molecular complexity index is 1630. The van der Waals surface area contributed by atoms with Crippen LogP contribution in [0.5, 0.6) is 0 Å². The van der Waals surface area contributed by atoms with Crippen LogP contribution in [-0.2, 0) is 28.6 Å². The fraction of sp³-hybridized carbons (Fsp3) is 0.643. The molecule has 0 rings (SSSR count). The van der Waals surface area contributed by atoms with E-state index in [9.17, 15) is 14.4 Å². The molecule has 1 atom stereocenters. The monoisotopic (exact) mass is 1050 g/mol. The van der Waals surface area contributed by atoms with Crippen LogP contribution < -0.4 is 0 Å². The summed E-state index contributed by atoms with van der Waals surface area (Å²) in [5.74, 6) is -1.01. The minimum atomic E-state index is -0.830. The Balaban J connectivity index is 4.52. The number of carbonyl (C=O) groups is 3. The lowest BCUT2D eigenvalue weighted by Gasteiger charge is -2.18. The highest BCUT2D eigenvalue weighted by atomic mass is 16.6. The fourth-order valence-electron chi connectivity index (χ4n) is 8.28. The summed E-state index contributed by atoms with van der Waals surface area (Å²) in [6.07, 6.45) is 88.9. The average molecular weight is 1050 g/mol. The highest BCUT2D eigenvalue weighted by Gasteiger charge is 2.19. The average Bonchev–Trinajstić information content (AvgIpc) is 3.42. The van der Waals surface area contributed by atoms with Gasteiger partial charge in [-0.3, -0.25) is 14.4 Å². The van der Waals surface area contributed by atoms with Crippen molar-refractivity contribution in [2.75, 3.05) is 13.2 Å². The van der Waals surface area contributed by atoms with Gasteiger partial charge in [0.25, 0.3) is 0 Å². The van der Waals surface area contributed by atoms with E-state index in [2.05, 4.69) is 148 Å². The largest absolute Gasteiger partial charge is 0.462 e. The van der Waals surface area contributed by atoms with Crippen LogP contribution in [0.25, 0.3) is 0 Å². The van der Waals surface area contributed by atoms with Gasteiger partial charge >= 0.3 is 17.9 Å². The van der Waals surface area contributed by atoms with E-state index in [1.165, 1.54) is 116 Å². The zero-order valence-corrected chi connectivity index (χ0v) is 49.2. The Morgan fingerprint density at radius 3 is 0.868 bits per heavy atom. The molecule has 0 aliphatic rings. The van der Waals surface area contributed by atoms with Crippen LogP contribution in [-0.4, -0.2) is 37.2 Å². The van der Waals surface area contributed by atoms with Gasteiger partial charge in [0.15, 0.2) is 6.10 Å². The molecule has 0 amide bonds. The Labute approximate surface area is 468 Å². The van der Waals surface area contributed by atoms with Crippen LogP contribution in [0.1, 0.15) is 271 Å². The molecule has 0 N–H and O–H groups in total. The maximum Gasteiger partial charge on any atom is 0.306 e. The highest BCUT2D eigenvalue weighted by molar-refractivity contribution is 5.71. The number of esters is 3. The second-order valence-corrected chi connectivity index (χ2v) is 20.2. The first-order chi connectivity index (χ1) is 37.5. The molecule has 6 heteroatoms. The van der Waals surface area contributed by atoms with Crippen LogP contribution >= 0.6 is 0 Å². The molecule has 0 aliphatic heterocycles. The van der Waals surface area contributed by atoms with E-state index in [0.29, 0.717) is 19.3 Å². The minimum Gasteiger partial charge on any atom is -0.462 e. The van der Waals surface area contributed by atoms with Crippen molar-refractivity contribution in [3.05, 3.63) is 134 Å². The summed E-state index contributed by atoms with van der Waals surface area (Å²) in [5.41, 5.74) is 0. The number of hydrogen-bond acceptors (Lipinski definition) is 6. The molecular formula is C70H114O6. The van der Waals surface area contributed by atoms with Crippen LogP contribution in [0.15, 0.2) is 134 Å². The van der Waals surface area contributed by atoms with Gasteiger partial charge in [0.2, 0.25) is 0 Å². The first kappa shape index (κ1) is 71.5. The second kappa shape index (κ2) is 63.1. The molecule has 0 aromatic rings. The summed E-state index contributed by atoms with van der Waals surface area (Å²) in [5, 5.41) is 0. The molecule has 6 nitrogen and oxygen atoms in total. The summed E-state index contributed by atoms with van der Waals surface area (Å²) < 4.78 is 16.8. The summed E-state index contributed by atoms with van der Waals surface area (Å²) in [7, 11) is 0. The summed E-state index contributed by atoms with van der Waals surface area (Å²) in [6.45, 7) is 6.35. The molecule has 0 saturated carbocycles. The number of carbonyl (C=O) groups excluding carboxylic acids is 3. The summed E-state index contributed by atoms with van der Waals surface area (Å²) >= 11 is 0.